The van der Waals surface area contributed by atoms with E-state index in [4.69, 9.17) is 4.74 Å². The van der Waals surface area contributed by atoms with Crippen molar-refractivity contribution < 1.29 is 14.9 Å². The molecule has 0 bridgehead atoms. The molecular formula is C18H29NO3. The average molecular weight is 307 g/mol. The Balaban J connectivity index is 1.73. The fraction of sp³-hybridized carbons (Fsp3) is 0.667. The smallest absolute Gasteiger partial charge is 0.119 e. The summed E-state index contributed by atoms with van der Waals surface area (Å²) in [6.07, 6.45) is 2.40. The van der Waals surface area contributed by atoms with Crippen LogP contribution >= 0.6 is 0 Å². The van der Waals surface area contributed by atoms with Crippen LogP contribution in [0.2, 0.25) is 0 Å². The van der Waals surface area contributed by atoms with Crippen LogP contribution in [-0.4, -0.2) is 53.6 Å². The zero-order valence-corrected chi connectivity index (χ0v) is 13.7. The second kappa shape index (κ2) is 8.51. The maximum Gasteiger partial charge on any atom is 0.119 e. The largest absolute Gasteiger partial charge is 0.491 e. The summed E-state index contributed by atoms with van der Waals surface area (Å²) in [6, 6.07) is 8.02. The third-order valence-corrected chi connectivity index (χ3v) is 4.47. The molecule has 3 unspecified atom stereocenters. The van der Waals surface area contributed by atoms with Crippen molar-refractivity contribution in [1.29, 1.82) is 0 Å². The number of likely N-dealkylation sites (tertiary alicyclic amines) is 1. The molecule has 1 heterocycles. The van der Waals surface area contributed by atoms with Crippen molar-refractivity contribution in [2.24, 2.45) is 5.92 Å². The first kappa shape index (κ1) is 17.3. The summed E-state index contributed by atoms with van der Waals surface area (Å²) in [7, 11) is 0. The lowest BCUT2D eigenvalue weighted by molar-refractivity contribution is 0.0244. The minimum Gasteiger partial charge on any atom is -0.491 e. The van der Waals surface area contributed by atoms with Gasteiger partial charge in [-0.25, -0.2) is 0 Å². The van der Waals surface area contributed by atoms with Crippen LogP contribution < -0.4 is 4.74 Å². The molecule has 1 fully saturated rings. The van der Waals surface area contributed by atoms with E-state index in [0.717, 1.165) is 38.1 Å². The third kappa shape index (κ3) is 5.27. The molecule has 0 saturated carbocycles. The predicted octanol–water partition coefficient (Wildman–Crippen LogP) is 2.08. The standard InChI is InChI=1S/C18H29NO3/c1-3-15-6-8-18(9-7-15)22-13-17(21)12-19-10-4-5-16(11-19)14(2)20/h6-9,14,16-17,20-21H,3-5,10-13H2,1-2H3. The second-order valence-corrected chi connectivity index (χ2v) is 6.36. The molecule has 0 radical (unpaired) electrons. The summed E-state index contributed by atoms with van der Waals surface area (Å²) < 4.78 is 5.66. The number of β-amino-alcohol motifs (C(OH)–C–C–N with tert-alkyl or cyclic N) is 1. The van der Waals surface area contributed by atoms with E-state index in [1.165, 1.54) is 5.56 Å². The van der Waals surface area contributed by atoms with E-state index in [9.17, 15) is 10.2 Å². The van der Waals surface area contributed by atoms with Gasteiger partial charge in [-0.05, 0) is 56.3 Å². The van der Waals surface area contributed by atoms with Gasteiger partial charge >= 0.3 is 0 Å². The van der Waals surface area contributed by atoms with Gasteiger partial charge < -0.3 is 19.8 Å². The van der Waals surface area contributed by atoms with Gasteiger partial charge in [-0.3, -0.25) is 0 Å². The fourth-order valence-electron chi connectivity index (χ4n) is 3.02. The molecule has 0 spiro atoms. The van der Waals surface area contributed by atoms with E-state index in [1.807, 2.05) is 19.1 Å². The fourth-order valence-corrected chi connectivity index (χ4v) is 3.02. The van der Waals surface area contributed by atoms with E-state index in [1.54, 1.807) is 0 Å². The lowest BCUT2D eigenvalue weighted by Gasteiger charge is -2.35. The van der Waals surface area contributed by atoms with Crippen LogP contribution in [0.3, 0.4) is 0 Å². The first-order valence-corrected chi connectivity index (χ1v) is 8.38. The van der Waals surface area contributed by atoms with Crippen molar-refractivity contribution in [1.82, 2.24) is 4.90 Å². The molecule has 0 amide bonds. The number of hydrogen-bond acceptors (Lipinski definition) is 4. The van der Waals surface area contributed by atoms with E-state index in [0.29, 0.717) is 19.1 Å². The van der Waals surface area contributed by atoms with Crippen molar-refractivity contribution in [3.05, 3.63) is 29.8 Å². The molecule has 0 aromatic heterocycles. The number of aliphatic hydroxyl groups is 2. The summed E-state index contributed by atoms with van der Waals surface area (Å²) in [5.74, 6) is 1.13. The van der Waals surface area contributed by atoms with Crippen LogP contribution in [0, 0.1) is 5.92 Å². The van der Waals surface area contributed by atoms with Gasteiger partial charge in [0.1, 0.15) is 18.5 Å². The molecule has 4 nitrogen and oxygen atoms in total. The van der Waals surface area contributed by atoms with Crippen molar-refractivity contribution in [3.63, 3.8) is 0 Å². The highest BCUT2D eigenvalue weighted by Gasteiger charge is 2.24. The van der Waals surface area contributed by atoms with Gasteiger partial charge in [0.15, 0.2) is 0 Å². The first-order chi connectivity index (χ1) is 10.6. The van der Waals surface area contributed by atoms with Crippen molar-refractivity contribution in [2.75, 3.05) is 26.2 Å². The topological polar surface area (TPSA) is 52.9 Å². The van der Waals surface area contributed by atoms with E-state index >= 15 is 0 Å². The van der Waals surface area contributed by atoms with Crippen molar-refractivity contribution in [2.45, 2.75) is 45.3 Å². The summed E-state index contributed by atoms with van der Waals surface area (Å²) in [4.78, 5) is 2.23. The molecule has 3 atom stereocenters. The zero-order chi connectivity index (χ0) is 15.9. The van der Waals surface area contributed by atoms with Gasteiger partial charge in [0.05, 0.1) is 6.10 Å². The summed E-state index contributed by atoms with van der Waals surface area (Å²) in [5, 5.41) is 19.9. The normalized spacial score (nSPS) is 22.3. The lowest BCUT2D eigenvalue weighted by atomic mass is 9.93. The Labute approximate surface area is 133 Å². The Morgan fingerprint density at radius 2 is 2.00 bits per heavy atom. The van der Waals surface area contributed by atoms with Gasteiger partial charge in [-0.15, -0.1) is 0 Å². The molecule has 1 aromatic carbocycles. The van der Waals surface area contributed by atoms with Gasteiger partial charge in [0, 0.05) is 13.1 Å². The number of aryl methyl sites for hydroxylation is 1. The molecule has 1 aromatic rings. The van der Waals surface area contributed by atoms with E-state index in [2.05, 4.69) is 24.0 Å². The van der Waals surface area contributed by atoms with E-state index < -0.39 is 6.10 Å². The van der Waals surface area contributed by atoms with Gasteiger partial charge in [-0.1, -0.05) is 19.1 Å². The summed E-state index contributed by atoms with van der Waals surface area (Å²) in [5.41, 5.74) is 1.28. The molecule has 1 saturated heterocycles. The maximum atomic E-state index is 10.2. The molecule has 22 heavy (non-hydrogen) atoms. The number of benzene rings is 1. The minimum atomic E-state index is -0.501. The van der Waals surface area contributed by atoms with Crippen LogP contribution in [0.1, 0.15) is 32.3 Å². The second-order valence-electron chi connectivity index (χ2n) is 6.36. The summed E-state index contributed by atoms with van der Waals surface area (Å²) >= 11 is 0. The molecule has 0 aliphatic carbocycles. The minimum absolute atomic E-state index is 0.270. The number of nitrogens with zero attached hydrogens (tertiary/aromatic N) is 1. The average Bonchev–Trinajstić information content (AvgIpc) is 2.53. The van der Waals surface area contributed by atoms with Gasteiger partial charge in [0.2, 0.25) is 0 Å². The lowest BCUT2D eigenvalue weighted by Crippen LogP contribution is -2.44. The molecule has 2 N–H and O–H groups in total. The van der Waals surface area contributed by atoms with Gasteiger partial charge in [0.25, 0.3) is 0 Å². The van der Waals surface area contributed by atoms with Gasteiger partial charge in [-0.2, -0.15) is 0 Å². The Bertz CT molecular complexity index is 432. The van der Waals surface area contributed by atoms with E-state index in [-0.39, 0.29) is 6.10 Å². The molecule has 1 aliphatic rings. The molecule has 124 valence electrons. The number of ether oxygens (including phenoxy) is 1. The molecule has 2 rings (SSSR count). The van der Waals surface area contributed by atoms with Crippen molar-refractivity contribution in [3.8, 4) is 5.75 Å². The molecular weight excluding hydrogens is 278 g/mol. The maximum absolute atomic E-state index is 10.2. The first-order valence-electron chi connectivity index (χ1n) is 8.38. The van der Waals surface area contributed by atoms with Crippen molar-refractivity contribution >= 4 is 0 Å². The zero-order valence-electron chi connectivity index (χ0n) is 13.7. The Morgan fingerprint density at radius 1 is 1.27 bits per heavy atom. The number of aliphatic hydroxyl groups excluding tert-OH is 2. The highest BCUT2D eigenvalue weighted by atomic mass is 16.5. The quantitative estimate of drug-likeness (QED) is 0.810. The predicted molar refractivity (Wildman–Crippen MR) is 88.2 cm³/mol. The highest BCUT2D eigenvalue weighted by Crippen LogP contribution is 2.20. The van der Waals surface area contributed by atoms with Crippen LogP contribution in [-0.2, 0) is 6.42 Å². The van der Waals surface area contributed by atoms with Crippen LogP contribution in [0.15, 0.2) is 24.3 Å². The monoisotopic (exact) mass is 307 g/mol. The molecule has 4 heteroatoms. The number of rotatable bonds is 7. The highest BCUT2D eigenvalue weighted by molar-refractivity contribution is 5.27. The van der Waals surface area contributed by atoms with Crippen LogP contribution in [0.4, 0.5) is 0 Å². The Hall–Kier alpha value is -1.10. The third-order valence-electron chi connectivity index (χ3n) is 4.47. The van der Waals surface area contributed by atoms with Crippen LogP contribution in [0.5, 0.6) is 5.75 Å². The molecule has 1 aliphatic heterocycles. The Kier molecular flexibility index (Phi) is 6.68. The van der Waals surface area contributed by atoms with Crippen LogP contribution in [0.25, 0.3) is 0 Å². The SMILES string of the molecule is CCc1ccc(OCC(O)CN2CCCC(C(C)O)C2)cc1. The number of hydrogen-bond donors (Lipinski definition) is 2. The summed E-state index contributed by atoms with van der Waals surface area (Å²) in [6.45, 7) is 6.75. The Morgan fingerprint density at radius 3 is 2.64 bits per heavy atom. The number of piperidine rings is 1.